The number of hydrogen-bond acceptors (Lipinski definition) is 3. The van der Waals surface area contributed by atoms with Gasteiger partial charge in [-0.1, -0.05) is 0 Å². The lowest BCUT2D eigenvalue weighted by Crippen LogP contribution is -2.44. The maximum Gasteiger partial charge on any atom is 0.191 e. The van der Waals surface area contributed by atoms with Crippen molar-refractivity contribution in [1.29, 1.82) is 0 Å². The molecule has 1 heterocycles. The molecule has 1 fully saturated rings. The van der Waals surface area contributed by atoms with Gasteiger partial charge in [0.05, 0.1) is 18.8 Å². The van der Waals surface area contributed by atoms with Crippen molar-refractivity contribution in [2.75, 3.05) is 37.7 Å². The highest BCUT2D eigenvalue weighted by Crippen LogP contribution is 2.24. The van der Waals surface area contributed by atoms with E-state index in [9.17, 15) is 8.78 Å². The molecule has 0 aromatic heterocycles. The number of nitrogens with zero attached hydrogens (tertiary/aromatic N) is 2. The smallest absolute Gasteiger partial charge is 0.191 e. The van der Waals surface area contributed by atoms with Gasteiger partial charge in [0.15, 0.2) is 5.96 Å². The Balaban J connectivity index is 1.96. The van der Waals surface area contributed by atoms with E-state index < -0.39 is 11.6 Å². The third-order valence-corrected chi connectivity index (χ3v) is 3.49. The summed E-state index contributed by atoms with van der Waals surface area (Å²) in [6, 6.07) is 3.77. The molecule has 1 aliphatic rings. The zero-order valence-corrected chi connectivity index (χ0v) is 12.6. The quantitative estimate of drug-likeness (QED) is 0.563. The topological polar surface area (TPSA) is 59.9 Å². The summed E-state index contributed by atoms with van der Waals surface area (Å²) in [5, 5.41) is 15.2. The Morgan fingerprint density at radius 1 is 1.45 bits per heavy atom. The first-order chi connectivity index (χ1) is 10.6. The highest BCUT2D eigenvalue weighted by atomic mass is 19.1. The summed E-state index contributed by atoms with van der Waals surface area (Å²) in [7, 11) is 0. The second-order valence-electron chi connectivity index (χ2n) is 5.16. The number of guanidine groups is 1. The SMILES string of the molecule is CCNC(=NCCO)NC1CCN(c2ccc(F)cc2F)C1. The fourth-order valence-corrected chi connectivity index (χ4v) is 2.51. The molecule has 1 aromatic carbocycles. The lowest BCUT2D eigenvalue weighted by molar-refractivity contribution is 0.306. The van der Waals surface area contributed by atoms with E-state index in [4.69, 9.17) is 5.11 Å². The number of aliphatic hydroxyl groups is 1. The molecule has 1 unspecified atom stereocenters. The summed E-state index contributed by atoms with van der Waals surface area (Å²) in [5.41, 5.74) is 0.419. The first kappa shape index (κ1) is 16.5. The van der Waals surface area contributed by atoms with Gasteiger partial charge < -0.3 is 20.6 Å². The van der Waals surface area contributed by atoms with Crippen LogP contribution in [-0.4, -0.2) is 49.9 Å². The lowest BCUT2D eigenvalue weighted by atomic mass is 10.2. The Hall–Kier alpha value is -1.89. The van der Waals surface area contributed by atoms with E-state index in [-0.39, 0.29) is 12.6 Å². The molecule has 2 rings (SSSR count). The van der Waals surface area contributed by atoms with Crippen molar-refractivity contribution in [3.63, 3.8) is 0 Å². The number of halogens is 2. The Bertz CT molecular complexity index is 524. The maximum atomic E-state index is 13.8. The van der Waals surface area contributed by atoms with Crippen LogP contribution < -0.4 is 15.5 Å². The number of nitrogens with one attached hydrogen (secondary N) is 2. The van der Waals surface area contributed by atoms with Gasteiger partial charge in [-0.2, -0.15) is 0 Å². The van der Waals surface area contributed by atoms with Crippen molar-refractivity contribution in [2.45, 2.75) is 19.4 Å². The average molecular weight is 312 g/mol. The highest BCUT2D eigenvalue weighted by molar-refractivity contribution is 5.80. The Morgan fingerprint density at radius 3 is 2.95 bits per heavy atom. The van der Waals surface area contributed by atoms with Crippen LogP contribution in [0.4, 0.5) is 14.5 Å². The number of anilines is 1. The molecule has 5 nitrogen and oxygen atoms in total. The van der Waals surface area contributed by atoms with Crippen molar-refractivity contribution in [1.82, 2.24) is 10.6 Å². The van der Waals surface area contributed by atoms with E-state index in [1.807, 2.05) is 11.8 Å². The first-order valence-corrected chi connectivity index (χ1v) is 7.49. The molecule has 0 bridgehead atoms. The van der Waals surface area contributed by atoms with E-state index in [1.165, 1.54) is 12.1 Å². The van der Waals surface area contributed by atoms with Crippen molar-refractivity contribution < 1.29 is 13.9 Å². The maximum absolute atomic E-state index is 13.8. The van der Waals surface area contributed by atoms with Gasteiger partial charge in [-0.05, 0) is 25.5 Å². The van der Waals surface area contributed by atoms with Crippen LogP contribution in [0, 0.1) is 11.6 Å². The van der Waals surface area contributed by atoms with E-state index in [1.54, 1.807) is 0 Å². The number of aliphatic hydroxyl groups excluding tert-OH is 1. The molecule has 0 spiro atoms. The zero-order chi connectivity index (χ0) is 15.9. The second kappa shape index (κ2) is 7.93. The molecular weight excluding hydrogens is 290 g/mol. The van der Waals surface area contributed by atoms with E-state index in [2.05, 4.69) is 15.6 Å². The Labute approximate surface area is 129 Å². The number of aliphatic imine (C=N–C) groups is 1. The minimum absolute atomic E-state index is 0.00580. The van der Waals surface area contributed by atoms with Crippen LogP contribution in [0.1, 0.15) is 13.3 Å². The van der Waals surface area contributed by atoms with Gasteiger partial charge in [-0.25, -0.2) is 8.78 Å². The highest BCUT2D eigenvalue weighted by Gasteiger charge is 2.25. The van der Waals surface area contributed by atoms with Gasteiger partial charge in [-0.3, -0.25) is 4.99 Å². The van der Waals surface area contributed by atoms with Gasteiger partial charge in [0, 0.05) is 31.7 Å². The summed E-state index contributed by atoms with van der Waals surface area (Å²) in [6.45, 7) is 4.32. The van der Waals surface area contributed by atoms with Gasteiger partial charge in [-0.15, -0.1) is 0 Å². The predicted octanol–water partition coefficient (Wildman–Crippen LogP) is 1.09. The van der Waals surface area contributed by atoms with Crippen LogP contribution >= 0.6 is 0 Å². The minimum Gasteiger partial charge on any atom is -0.394 e. The molecule has 3 N–H and O–H groups in total. The van der Waals surface area contributed by atoms with Crippen LogP contribution in [0.25, 0.3) is 0 Å². The zero-order valence-electron chi connectivity index (χ0n) is 12.6. The van der Waals surface area contributed by atoms with Crippen LogP contribution in [-0.2, 0) is 0 Å². The monoisotopic (exact) mass is 312 g/mol. The lowest BCUT2D eigenvalue weighted by Gasteiger charge is -2.20. The van der Waals surface area contributed by atoms with Gasteiger partial charge >= 0.3 is 0 Å². The summed E-state index contributed by atoms with van der Waals surface area (Å²) in [5.74, 6) is -0.467. The van der Waals surface area contributed by atoms with E-state index in [0.717, 1.165) is 19.0 Å². The van der Waals surface area contributed by atoms with Crippen molar-refractivity contribution in [3.05, 3.63) is 29.8 Å². The van der Waals surface area contributed by atoms with Crippen molar-refractivity contribution >= 4 is 11.6 Å². The third-order valence-electron chi connectivity index (χ3n) is 3.49. The van der Waals surface area contributed by atoms with Crippen LogP contribution in [0.5, 0.6) is 0 Å². The van der Waals surface area contributed by atoms with Crippen LogP contribution in [0.3, 0.4) is 0 Å². The second-order valence-corrected chi connectivity index (χ2v) is 5.16. The summed E-state index contributed by atoms with van der Waals surface area (Å²) in [4.78, 5) is 6.12. The molecule has 0 radical (unpaired) electrons. The van der Waals surface area contributed by atoms with Crippen LogP contribution in [0.2, 0.25) is 0 Å². The normalized spacial score (nSPS) is 18.6. The van der Waals surface area contributed by atoms with Gasteiger partial charge in [0.2, 0.25) is 0 Å². The third kappa shape index (κ3) is 4.30. The van der Waals surface area contributed by atoms with Gasteiger partial charge in [0.25, 0.3) is 0 Å². The van der Waals surface area contributed by atoms with E-state index in [0.29, 0.717) is 31.3 Å². The first-order valence-electron chi connectivity index (χ1n) is 7.49. The molecule has 1 aromatic rings. The molecule has 1 atom stereocenters. The van der Waals surface area contributed by atoms with Crippen molar-refractivity contribution in [2.24, 2.45) is 4.99 Å². The standard InChI is InChI=1S/C15H22F2N4O/c1-2-18-15(19-6-8-22)20-12-5-7-21(10-12)14-4-3-11(16)9-13(14)17/h3-4,9,12,22H,2,5-8,10H2,1H3,(H2,18,19,20). The summed E-state index contributed by atoms with van der Waals surface area (Å²) < 4.78 is 26.8. The fourth-order valence-electron chi connectivity index (χ4n) is 2.51. The fraction of sp³-hybridized carbons (Fsp3) is 0.533. The Morgan fingerprint density at radius 2 is 2.27 bits per heavy atom. The molecule has 122 valence electrons. The molecule has 0 saturated carbocycles. The summed E-state index contributed by atoms with van der Waals surface area (Å²) in [6.07, 6.45) is 0.834. The molecule has 22 heavy (non-hydrogen) atoms. The van der Waals surface area contributed by atoms with E-state index >= 15 is 0 Å². The molecular formula is C15H22F2N4O. The Kier molecular flexibility index (Phi) is 5.94. The van der Waals surface area contributed by atoms with Gasteiger partial charge in [0.1, 0.15) is 11.6 Å². The number of hydrogen-bond donors (Lipinski definition) is 3. The average Bonchev–Trinajstić information content (AvgIpc) is 2.93. The van der Waals surface area contributed by atoms with Crippen molar-refractivity contribution in [3.8, 4) is 0 Å². The number of benzene rings is 1. The molecule has 0 aliphatic carbocycles. The largest absolute Gasteiger partial charge is 0.394 e. The number of rotatable bonds is 5. The van der Waals surface area contributed by atoms with Crippen LogP contribution in [0.15, 0.2) is 23.2 Å². The molecule has 7 heteroatoms. The molecule has 1 aliphatic heterocycles. The molecule has 1 saturated heterocycles. The molecule has 0 amide bonds. The minimum atomic E-state index is -0.569. The predicted molar refractivity (Wildman–Crippen MR) is 83.2 cm³/mol. The summed E-state index contributed by atoms with van der Waals surface area (Å²) >= 11 is 0.